The highest BCUT2D eigenvalue weighted by molar-refractivity contribution is 5.99. The smallest absolute Gasteiger partial charge is 0.290 e. The minimum Gasteiger partial charge on any atom is -0.493 e. The molecule has 1 amide bonds. The molecule has 3 aromatic rings. The van der Waals surface area contributed by atoms with Gasteiger partial charge in [-0.2, -0.15) is 0 Å². The Morgan fingerprint density at radius 1 is 0.944 bits per heavy atom. The monoisotopic (exact) mass is 494 g/mol. The third-order valence-corrected chi connectivity index (χ3v) is 6.99. The molecule has 0 aliphatic carbocycles. The van der Waals surface area contributed by atoms with Crippen LogP contribution in [0.1, 0.15) is 54.1 Å². The van der Waals surface area contributed by atoms with Crippen molar-refractivity contribution in [3.63, 3.8) is 0 Å². The first-order valence-corrected chi connectivity index (χ1v) is 12.3. The van der Waals surface area contributed by atoms with Gasteiger partial charge in [-0.1, -0.05) is 26.8 Å². The second-order valence-corrected chi connectivity index (χ2v) is 8.74. The first kappa shape index (κ1) is 25.6. The van der Waals surface area contributed by atoms with Gasteiger partial charge in [0, 0.05) is 13.1 Å². The summed E-state index contributed by atoms with van der Waals surface area (Å²) in [6.07, 6.45) is 0.789. The van der Waals surface area contributed by atoms with Crippen molar-refractivity contribution in [3.05, 3.63) is 63.0 Å². The lowest BCUT2D eigenvalue weighted by molar-refractivity contribution is 0.0707. The van der Waals surface area contributed by atoms with Crippen molar-refractivity contribution in [1.29, 1.82) is 0 Å². The molecule has 0 spiro atoms. The number of fused-ring (bicyclic) bond motifs is 2. The Morgan fingerprint density at radius 2 is 1.61 bits per heavy atom. The van der Waals surface area contributed by atoms with E-state index in [4.69, 9.17) is 18.6 Å². The summed E-state index contributed by atoms with van der Waals surface area (Å²) in [5.41, 5.74) is 2.28. The summed E-state index contributed by atoms with van der Waals surface area (Å²) in [7, 11) is 4.62. The van der Waals surface area contributed by atoms with Gasteiger partial charge in [0.15, 0.2) is 16.9 Å². The van der Waals surface area contributed by atoms with Crippen molar-refractivity contribution in [2.45, 2.75) is 33.2 Å². The molecule has 1 aliphatic heterocycles. The van der Waals surface area contributed by atoms with Crippen LogP contribution in [0, 0.1) is 0 Å². The summed E-state index contributed by atoms with van der Waals surface area (Å²) in [5, 5.41) is 0.476. The van der Waals surface area contributed by atoms with Crippen molar-refractivity contribution in [1.82, 2.24) is 9.80 Å². The maximum absolute atomic E-state index is 13.9. The number of ether oxygens (including phenoxy) is 3. The lowest BCUT2D eigenvalue weighted by Gasteiger charge is -2.28. The van der Waals surface area contributed by atoms with Crippen LogP contribution in [0.25, 0.3) is 11.0 Å². The van der Waals surface area contributed by atoms with Crippen LogP contribution in [-0.4, -0.2) is 63.2 Å². The van der Waals surface area contributed by atoms with Crippen LogP contribution < -0.4 is 19.6 Å². The Balaban J connectivity index is 1.95. The molecule has 2 aromatic carbocycles. The van der Waals surface area contributed by atoms with Crippen molar-refractivity contribution in [2.75, 3.05) is 47.5 Å². The molecule has 2 heterocycles. The van der Waals surface area contributed by atoms with E-state index in [2.05, 4.69) is 18.7 Å². The molecule has 0 saturated carbocycles. The predicted molar refractivity (Wildman–Crippen MR) is 139 cm³/mol. The fourth-order valence-electron chi connectivity index (χ4n) is 4.91. The van der Waals surface area contributed by atoms with Crippen LogP contribution in [-0.2, 0) is 6.42 Å². The number of amides is 1. The summed E-state index contributed by atoms with van der Waals surface area (Å²) in [5.74, 6) is 1.15. The Kier molecular flexibility index (Phi) is 7.54. The molecule has 4 rings (SSSR count). The van der Waals surface area contributed by atoms with Gasteiger partial charge in [-0.25, -0.2) is 0 Å². The number of carbonyl (C=O) groups excluding carboxylic acids is 1. The minimum atomic E-state index is -0.650. The Hall–Kier alpha value is -3.52. The van der Waals surface area contributed by atoms with Crippen molar-refractivity contribution >= 4 is 16.9 Å². The number of aryl methyl sites for hydroxylation is 1. The second-order valence-electron chi connectivity index (χ2n) is 8.74. The van der Waals surface area contributed by atoms with Gasteiger partial charge in [0.2, 0.25) is 11.5 Å². The van der Waals surface area contributed by atoms with Crippen LogP contribution in [0.2, 0.25) is 0 Å². The molecular formula is C28H34N2O6. The van der Waals surface area contributed by atoms with E-state index in [1.165, 1.54) is 7.11 Å². The summed E-state index contributed by atoms with van der Waals surface area (Å²) in [4.78, 5) is 31.6. The quantitative estimate of drug-likeness (QED) is 0.416. The number of likely N-dealkylation sites (N-methyl/N-ethyl adjacent to an activating group) is 1. The largest absolute Gasteiger partial charge is 0.493 e. The standard InChI is InChI=1S/C28H34N2O6/c1-7-17-10-11-20-19(14-17)25(31)23-24(18-15-21(33-4)26(35-6)22(16-18)34-5)30(28(32)27(23)36-20)13-12-29(8-2)9-3/h10-11,14-16,24H,7-9,12-13H2,1-6H3. The van der Waals surface area contributed by atoms with Gasteiger partial charge in [0.1, 0.15) is 5.58 Å². The lowest BCUT2D eigenvalue weighted by Crippen LogP contribution is -2.37. The highest BCUT2D eigenvalue weighted by atomic mass is 16.5. The second kappa shape index (κ2) is 10.6. The highest BCUT2D eigenvalue weighted by Crippen LogP contribution is 2.45. The summed E-state index contributed by atoms with van der Waals surface area (Å²) >= 11 is 0. The molecule has 1 atom stereocenters. The van der Waals surface area contributed by atoms with E-state index < -0.39 is 6.04 Å². The van der Waals surface area contributed by atoms with Gasteiger partial charge < -0.3 is 28.4 Å². The number of benzene rings is 2. The van der Waals surface area contributed by atoms with E-state index in [9.17, 15) is 9.59 Å². The molecule has 8 nitrogen and oxygen atoms in total. The minimum absolute atomic E-state index is 0.0926. The van der Waals surface area contributed by atoms with Crippen molar-refractivity contribution < 1.29 is 23.4 Å². The Morgan fingerprint density at radius 3 is 2.17 bits per heavy atom. The molecule has 0 N–H and O–H groups in total. The number of nitrogens with zero attached hydrogens (tertiary/aromatic N) is 2. The zero-order valence-corrected chi connectivity index (χ0v) is 21.8. The highest BCUT2D eigenvalue weighted by Gasteiger charge is 2.43. The van der Waals surface area contributed by atoms with Crippen molar-refractivity contribution in [3.8, 4) is 17.2 Å². The number of rotatable bonds is 10. The number of hydrogen-bond donors (Lipinski definition) is 0. The van der Waals surface area contributed by atoms with Crippen LogP contribution in [0.3, 0.4) is 0 Å². The van der Waals surface area contributed by atoms with Crippen LogP contribution in [0.5, 0.6) is 17.2 Å². The molecule has 192 valence electrons. The van der Waals surface area contributed by atoms with Crippen molar-refractivity contribution in [2.24, 2.45) is 0 Å². The molecule has 0 fully saturated rings. The average molecular weight is 495 g/mol. The summed E-state index contributed by atoms with van der Waals surface area (Å²) in [6, 6.07) is 8.50. The maximum Gasteiger partial charge on any atom is 0.290 e. The molecular weight excluding hydrogens is 460 g/mol. The topological polar surface area (TPSA) is 81.5 Å². The van der Waals surface area contributed by atoms with Gasteiger partial charge in [0.05, 0.1) is 38.3 Å². The van der Waals surface area contributed by atoms with E-state index in [1.54, 1.807) is 37.3 Å². The molecule has 0 radical (unpaired) electrons. The third-order valence-electron chi connectivity index (χ3n) is 6.99. The molecule has 0 saturated heterocycles. The number of hydrogen-bond acceptors (Lipinski definition) is 7. The molecule has 1 aromatic heterocycles. The van der Waals surface area contributed by atoms with E-state index in [1.807, 2.05) is 19.1 Å². The van der Waals surface area contributed by atoms with Gasteiger partial charge >= 0.3 is 0 Å². The average Bonchev–Trinajstić information content (AvgIpc) is 3.19. The molecule has 1 unspecified atom stereocenters. The normalized spacial score (nSPS) is 15.0. The summed E-state index contributed by atoms with van der Waals surface area (Å²) < 4.78 is 22.7. The maximum atomic E-state index is 13.9. The zero-order chi connectivity index (χ0) is 26.0. The first-order valence-electron chi connectivity index (χ1n) is 12.3. The van der Waals surface area contributed by atoms with Crippen LogP contribution in [0.4, 0.5) is 0 Å². The van der Waals surface area contributed by atoms with Gasteiger partial charge in [-0.05, 0) is 54.9 Å². The summed E-state index contributed by atoms with van der Waals surface area (Å²) in [6.45, 7) is 9.03. The van der Waals surface area contributed by atoms with E-state index in [-0.39, 0.29) is 17.1 Å². The number of methoxy groups -OCH3 is 3. The molecule has 36 heavy (non-hydrogen) atoms. The van der Waals surface area contributed by atoms with E-state index >= 15 is 0 Å². The van der Waals surface area contributed by atoms with E-state index in [0.717, 1.165) is 25.1 Å². The fourth-order valence-corrected chi connectivity index (χ4v) is 4.91. The van der Waals surface area contributed by atoms with Gasteiger partial charge in [0.25, 0.3) is 5.91 Å². The zero-order valence-electron chi connectivity index (χ0n) is 21.8. The predicted octanol–water partition coefficient (Wildman–Crippen LogP) is 4.27. The SMILES string of the molecule is CCc1ccc2oc3c(c(=O)c2c1)C(c1cc(OC)c(OC)c(OC)c1)N(CCN(CC)CC)C3=O. The first-order chi connectivity index (χ1) is 17.4. The fraction of sp³-hybridized carbons (Fsp3) is 0.429. The molecule has 1 aliphatic rings. The van der Waals surface area contributed by atoms with Crippen LogP contribution in [0.15, 0.2) is 39.5 Å². The Bertz CT molecular complexity index is 1300. The van der Waals surface area contributed by atoms with Gasteiger partial charge in [-0.3, -0.25) is 9.59 Å². The van der Waals surface area contributed by atoms with Crippen LogP contribution >= 0.6 is 0 Å². The van der Waals surface area contributed by atoms with E-state index in [0.29, 0.717) is 52.4 Å². The Labute approximate surface area is 211 Å². The van der Waals surface area contributed by atoms with Gasteiger partial charge in [-0.15, -0.1) is 0 Å². The number of carbonyl (C=O) groups is 1. The molecule has 0 bridgehead atoms. The molecule has 8 heteroatoms. The third kappa shape index (κ3) is 4.30. The lowest BCUT2D eigenvalue weighted by atomic mass is 9.97.